The van der Waals surface area contributed by atoms with Crippen molar-refractivity contribution in [3.63, 3.8) is 0 Å². The molecule has 0 saturated heterocycles. The third-order valence-corrected chi connectivity index (χ3v) is 4.02. The van der Waals surface area contributed by atoms with Gasteiger partial charge in [-0.25, -0.2) is 4.79 Å². The number of likely N-dealkylation sites (N-methyl/N-ethyl adjacent to an activating group) is 1. The van der Waals surface area contributed by atoms with Crippen LogP contribution in [-0.2, 0) is 22.6 Å². The molecule has 26 heavy (non-hydrogen) atoms. The summed E-state index contributed by atoms with van der Waals surface area (Å²) >= 11 is 6.29. The quantitative estimate of drug-likeness (QED) is 0.811. The second-order valence-corrected chi connectivity index (χ2v) is 7.96. The number of hydrogen-bond donors (Lipinski definition) is 1. The molecule has 1 aromatic rings. The maximum atomic E-state index is 12.3. The number of ether oxygens (including phenoxy) is 1. The summed E-state index contributed by atoms with van der Waals surface area (Å²) in [7, 11) is 3.85. The summed E-state index contributed by atoms with van der Waals surface area (Å²) in [5.74, 6) is -0.252. The Morgan fingerprint density at radius 1 is 1.31 bits per heavy atom. The number of hydrogen-bond acceptors (Lipinski definition) is 4. The van der Waals surface area contributed by atoms with Crippen LogP contribution in [0.2, 0.25) is 5.02 Å². The molecule has 0 aliphatic carbocycles. The first-order chi connectivity index (χ1) is 12.1. The van der Waals surface area contributed by atoms with Gasteiger partial charge < -0.3 is 15.0 Å². The van der Waals surface area contributed by atoms with E-state index in [4.69, 9.17) is 16.3 Å². The van der Waals surface area contributed by atoms with Crippen LogP contribution < -0.4 is 5.32 Å². The van der Waals surface area contributed by atoms with Crippen molar-refractivity contribution in [1.82, 2.24) is 9.80 Å². The lowest BCUT2D eigenvalue weighted by Gasteiger charge is -2.24. The van der Waals surface area contributed by atoms with E-state index in [0.717, 1.165) is 11.1 Å². The summed E-state index contributed by atoms with van der Waals surface area (Å²) in [5.41, 5.74) is 1.79. The van der Waals surface area contributed by atoms with Crippen LogP contribution in [0.4, 0.5) is 10.5 Å². The molecule has 1 N–H and O–H groups in total. The fraction of sp³-hybridized carbons (Fsp3) is 0.474. The predicted molar refractivity (Wildman–Crippen MR) is 103 cm³/mol. The fourth-order valence-corrected chi connectivity index (χ4v) is 2.79. The van der Waals surface area contributed by atoms with Crippen LogP contribution in [-0.4, -0.2) is 48.0 Å². The van der Waals surface area contributed by atoms with E-state index in [-0.39, 0.29) is 12.0 Å². The number of carbonyl (C=O) groups excluding carboxylic acids is 2. The fourth-order valence-electron chi connectivity index (χ4n) is 2.57. The summed E-state index contributed by atoms with van der Waals surface area (Å²) in [5, 5.41) is 3.29. The Bertz CT molecular complexity index is 723. The van der Waals surface area contributed by atoms with Crippen molar-refractivity contribution >= 4 is 29.3 Å². The van der Waals surface area contributed by atoms with Crippen LogP contribution in [0.3, 0.4) is 0 Å². The summed E-state index contributed by atoms with van der Waals surface area (Å²) in [6, 6.07) is 3.61. The highest BCUT2D eigenvalue weighted by Gasteiger charge is 2.30. The van der Waals surface area contributed by atoms with E-state index in [1.165, 1.54) is 6.08 Å². The average Bonchev–Trinajstić information content (AvgIpc) is 2.93. The van der Waals surface area contributed by atoms with Crippen LogP contribution in [0.1, 0.15) is 31.9 Å². The first-order valence-electron chi connectivity index (χ1n) is 8.47. The van der Waals surface area contributed by atoms with Gasteiger partial charge in [-0.1, -0.05) is 23.7 Å². The minimum atomic E-state index is -0.558. The number of nitrogens with zero attached hydrogens (tertiary/aromatic N) is 2. The largest absolute Gasteiger partial charge is 0.444 e. The number of carbonyl (C=O) groups is 2. The number of rotatable bonds is 4. The SMILES string of the molecule is CN(C)C/C=C/C(=O)Nc1c(Cl)ccc2c1CN(C(=O)OC(C)(C)C)C2. The van der Waals surface area contributed by atoms with Gasteiger partial charge >= 0.3 is 6.09 Å². The summed E-state index contributed by atoms with van der Waals surface area (Å²) in [4.78, 5) is 28.0. The van der Waals surface area contributed by atoms with E-state index < -0.39 is 5.60 Å². The van der Waals surface area contributed by atoms with Crippen LogP contribution in [0.5, 0.6) is 0 Å². The Kier molecular flexibility index (Phi) is 6.31. The lowest BCUT2D eigenvalue weighted by molar-refractivity contribution is -0.111. The highest BCUT2D eigenvalue weighted by atomic mass is 35.5. The standard InChI is InChI=1S/C19H26ClN3O3/c1-19(2,3)26-18(25)23-11-13-8-9-15(20)17(14(13)12-23)21-16(24)7-6-10-22(4)5/h6-9H,10-12H2,1-5H3,(H,21,24)/b7-6+. The molecule has 7 heteroatoms. The molecule has 2 amide bonds. The van der Waals surface area contributed by atoms with Gasteiger partial charge in [-0.2, -0.15) is 0 Å². The number of halogens is 1. The molecule has 0 aromatic heterocycles. The topological polar surface area (TPSA) is 61.9 Å². The molecule has 0 bridgehead atoms. The van der Waals surface area contributed by atoms with Crippen molar-refractivity contribution in [1.29, 1.82) is 0 Å². The molecule has 0 fully saturated rings. The van der Waals surface area contributed by atoms with Crippen molar-refractivity contribution in [2.24, 2.45) is 0 Å². The number of nitrogens with one attached hydrogen (secondary N) is 1. The van der Waals surface area contributed by atoms with Gasteiger partial charge in [0.15, 0.2) is 0 Å². The zero-order chi connectivity index (χ0) is 19.5. The van der Waals surface area contributed by atoms with Crippen molar-refractivity contribution in [2.75, 3.05) is 26.0 Å². The Balaban J connectivity index is 2.13. The van der Waals surface area contributed by atoms with Crippen molar-refractivity contribution in [2.45, 2.75) is 39.5 Å². The lowest BCUT2D eigenvalue weighted by atomic mass is 10.1. The maximum absolute atomic E-state index is 12.3. The molecule has 0 radical (unpaired) electrons. The first-order valence-corrected chi connectivity index (χ1v) is 8.85. The summed E-state index contributed by atoms with van der Waals surface area (Å²) in [6.07, 6.45) is 2.88. The van der Waals surface area contributed by atoms with Gasteiger partial charge in [-0.3, -0.25) is 9.69 Å². The van der Waals surface area contributed by atoms with Crippen molar-refractivity contribution in [3.05, 3.63) is 40.4 Å². The normalized spacial score (nSPS) is 14.0. The average molecular weight is 380 g/mol. The van der Waals surface area contributed by atoms with Gasteiger partial charge in [0.2, 0.25) is 5.91 Å². The van der Waals surface area contributed by atoms with Crippen LogP contribution in [0, 0.1) is 0 Å². The van der Waals surface area contributed by atoms with E-state index in [0.29, 0.717) is 30.3 Å². The molecule has 6 nitrogen and oxygen atoms in total. The highest BCUT2D eigenvalue weighted by molar-refractivity contribution is 6.34. The smallest absolute Gasteiger partial charge is 0.410 e. The second-order valence-electron chi connectivity index (χ2n) is 7.55. The molecule has 0 unspecified atom stereocenters. The summed E-state index contributed by atoms with van der Waals surface area (Å²) < 4.78 is 5.43. The van der Waals surface area contributed by atoms with E-state index in [9.17, 15) is 9.59 Å². The first kappa shape index (κ1) is 20.3. The van der Waals surface area contributed by atoms with Gasteiger partial charge in [0.05, 0.1) is 17.3 Å². The Hall–Kier alpha value is -2.05. The van der Waals surface area contributed by atoms with Gasteiger partial charge in [0.1, 0.15) is 5.60 Å². The molecule has 2 rings (SSSR count). The van der Waals surface area contributed by atoms with Crippen molar-refractivity contribution < 1.29 is 14.3 Å². The minimum absolute atomic E-state index is 0.252. The molecule has 1 heterocycles. The lowest BCUT2D eigenvalue weighted by Crippen LogP contribution is -2.33. The molecule has 0 atom stereocenters. The minimum Gasteiger partial charge on any atom is -0.444 e. The zero-order valence-corrected chi connectivity index (χ0v) is 16.7. The molecule has 1 aliphatic heterocycles. The van der Waals surface area contributed by atoms with Gasteiger partial charge in [-0.15, -0.1) is 0 Å². The molecule has 1 aromatic carbocycles. The highest BCUT2D eigenvalue weighted by Crippen LogP contribution is 2.35. The van der Waals surface area contributed by atoms with Crippen LogP contribution in [0.25, 0.3) is 0 Å². The molecule has 0 saturated carbocycles. The molecular formula is C19H26ClN3O3. The monoisotopic (exact) mass is 379 g/mol. The number of benzene rings is 1. The van der Waals surface area contributed by atoms with Gasteiger partial charge in [0.25, 0.3) is 0 Å². The van der Waals surface area contributed by atoms with E-state index in [2.05, 4.69) is 5.32 Å². The Labute approximate surface area is 159 Å². The third kappa shape index (κ3) is 5.47. The van der Waals surface area contributed by atoms with Crippen LogP contribution in [0.15, 0.2) is 24.3 Å². The number of fused-ring (bicyclic) bond motifs is 1. The predicted octanol–water partition coefficient (Wildman–Crippen LogP) is 3.65. The molecule has 0 spiro atoms. The molecule has 142 valence electrons. The summed E-state index contributed by atoms with van der Waals surface area (Å²) in [6.45, 7) is 6.94. The maximum Gasteiger partial charge on any atom is 0.410 e. The van der Waals surface area contributed by atoms with E-state index in [1.807, 2.05) is 45.8 Å². The second kappa shape index (κ2) is 8.10. The third-order valence-electron chi connectivity index (χ3n) is 3.71. The number of anilines is 1. The number of amides is 2. The Morgan fingerprint density at radius 2 is 2.00 bits per heavy atom. The molecular weight excluding hydrogens is 354 g/mol. The van der Waals surface area contributed by atoms with Crippen LogP contribution >= 0.6 is 11.6 Å². The van der Waals surface area contributed by atoms with Gasteiger partial charge in [0, 0.05) is 24.7 Å². The van der Waals surface area contributed by atoms with E-state index >= 15 is 0 Å². The van der Waals surface area contributed by atoms with Gasteiger partial charge in [-0.05, 0) is 46.5 Å². The van der Waals surface area contributed by atoms with E-state index in [1.54, 1.807) is 17.0 Å². The zero-order valence-electron chi connectivity index (χ0n) is 15.9. The Morgan fingerprint density at radius 3 is 2.62 bits per heavy atom. The van der Waals surface area contributed by atoms with Crippen molar-refractivity contribution in [3.8, 4) is 0 Å². The molecule has 1 aliphatic rings.